The molecule has 1 amide bonds. The van der Waals surface area contributed by atoms with E-state index in [9.17, 15) is 4.79 Å². The predicted molar refractivity (Wildman–Crippen MR) is 113 cm³/mol. The van der Waals surface area contributed by atoms with Gasteiger partial charge in [0.2, 0.25) is 5.91 Å². The molecule has 1 atom stereocenters. The minimum Gasteiger partial charge on any atom is -0.349 e. The Bertz CT molecular complexity index is 724. The number of benzene rings is 1. The summed E-state index contributed by atoms with van der Waals surface area (Å²) in [5, 5.41) is 12.2. The standard InChI is InChI=1S/C24H35N3O/c1-4-23(5-2,11-8-14-25)18-27-15-12-24(13-16-27)17-22(26-19(3)28)20-9-6-7-10-21(20)24/h6-7,9-10,22H,4-5,8,11-13,15-18H2,1-3H3,(H,26,28)/t22-/m0/s1. The van der Waals surface area contributed by atoms with Crippen LogP contribution in [-0.4, -0.2) is 30.4 Å². The van der Waals surface area contributed by atoms with Crippen LogP contribution in [0.1, 0.15) is 82.9 Å². The zero-order chi connectivity index (χ0) is 20.2. The van der Waals surface area contributed by atoms with Crippen molar-refractivity contribution in [3.8, 4) is 6.07 Å². The Balaban J connectivity index is 1.71. The van der Waals surface area contributed by atoms with Crippen LogP contribution in [0.5, 0.6) is 0 Å². The van der Waals surface area contributed by atoms with Crippen molar-refractivity contribution in [3.05, 3.63) is 35.4 Å². The van der Waals surface area contributed by atoms with Crippen molar-refractivity contribution in [1.82, 2.24) is 10.2 Å². The third-order valence-electron chi connectivity index (χ3n) is 7.52. The monoisotopic (exact) mass is 381 g/mol. The molecular weight excluding hydrogens is 346 g/mol. The number of carbonyl (C=O) groups excluding carboxylic acids is 1. The lowest BCUT2D eigenvalue weighted by Gasteiger charge is -2.44. The summed E-state index contributed by atoms with van der Waals surface area (Å²) in [5.41, 5.74) is 3.24. The van der Waals surface area contributed by atoms with E-state index in [4.69, 9.17) is 5.26 Å². The second kappa shape index (κ2) is 8.66. The zero-order valence-corrected chi connectivity index (χ0v) is 17.8. The molecule has 1 aliphatic carbocycles. The fraction of sp³-hybridized carbons (Fsp3) is 0.667. The molecule has 0 saturated carbocycles. The molecule has 1 N–H and O–H groups in total. The number of nitrogens with zero attached hydrogens (tertiary/aromatic N) is 2. The number of piperidine rings is 1. The van der Waals surface area contributed by atoms with Crippen LogP contribution in [0.3, 0.4) is 0 Å². The van der Waals surface area contributed by atoms with Crippen LogP contribution in [-0.2, 0) is 10.2 Å². The number of rotatable bonds is 7. The minimum absolute atomic E-state index is 0.0578. The fourth-order valence-electron chi connectivity index (χ4n) is 5.58. The first-order valence-electron chi connectivity index (χ1n) is 10.9. The summed E-state index contributed by atoms with van der Waals surface area (Å²) in [6.07, 6.45) is 7.28. The normalized spacial score (nSPS) is 21.3. The van der Waals surface area contributed by atoms with Crippen molar-refractivity contribution in [2.75, 3.05) is 19.6 Å². The molecule has 152 valence electrons. The van der Waals surface area contributed by atoms with E-state index in [2.05, 4.69) is 54.4 Å². The highest BCUT2D eigenvalue weighted by atomic mass is 16.1. The van der Waals surface area contributed by atoms with Gasteiger partial charge in [-0.05, 0) is 68.2 Å². The third-order valence-corrected chi connectivity index (χ3v) is 7.52. The van der Waals surface area contributed by atoms with Gasteiger partial charge in [-0.2, -0.15) is 5.26 Å². The first kappa shape index (κ1) is 20.9. The molecule has 0 unspecified atom stereocenters. The van der Waals surface area contributed by atoms with Crippen LogP contribution in [0.2, 0.25) is 0 Å². The van der Waals surface area contributed by atoms with Crippen LogP contribution in [0.15, 0.2) is 24.3 Å². The van der Waals surface area contributed by atoms with E-state index in [0.717, 1.165) is 58.2 Å². The maximum absolute atomic E-state index is 11.7. The van der Waals surface area contributed by atoms with Gasteiger partial charge in [-0.3, -0.25) is 4.79 Å². The van der Waals surface area contributed by atoms with Crippen LogP contribution < -0.4 is 5.32 Å². The van der Waals surface area contributed by atoms with Crippen LogP contribution in [0.4, 0.5) is 0 Å². The van der Waals surface area contributed by atoms with Crippen LogP contribution in [0.25, 0.3) is 0 Å². The Morgan fingerprint density at radius 2 is 1.96 bits per heavy atom. The predicted octanol–water partition coefficient (Wildman–Crippen LogP) is 4.71. The Labute approximate surface area is 170 Å². The van der Waals surface area contributed by atoms with Crippen LogP contribution in [0, 0.1) is 16.7 Å². The molecule has 4 nitrogen and oxygen atoms in total. The summed E-state index contributed by atoms with van der Waals surface area (Å²) in [4.78, 5) is 14.3. The second-order valence-corrected chi connectivity index (χ2v) is 8.97. The second-order valence-electron chi connectivity index (χ2n) is 8.97. The Morgan fingerprint density at radius 3 is 2.57 bits per heavy atom. The van der Waals surface area contributed by atoms with Crippen molar-refractivity contribution in [3.63, 3.8) is 0 Å². The van der Waals surface area contributed by atoms with Gasteiger partial charge in [0.25, 0.3) is 0 Å². The summed E-state index contributed by atoms with van der Waals surface area (Å²) in [6, 6.07) is 11.2. The SMILES string of the molecule is CCC(CC)(CCC#N)CN1CCC2(CC1)C[C@H](NC(C)=O)c1ccccc12. The molecule has 1 aromatic carbocycles. The first-order valence-corrected chi connectivity index (χ1v) is 10.9. The highest BCUT2D eigenvalue weighted by Gasteiger charge is 2.46. The molecule has 0 aromatic heterocycles. The maximum atomic E-state index is 11.7. The quantitative estimate of drug-likeness (QED) is 0.744. The summed E-state index contributed by atoms with van der Waals surface area (Å²) in [5.74, 6) is 0.0578. The molecule has 0 bridgehead atoms. The van der Waals surface area contributed by atoms with Gasteiger partial charge < -0.3 is 10.2 Å². The lowest BCUT2D eigenvalue weighted by atomic mass is 9.72. The van der Waals surface area contributed by atoms with Gasteiger partial charge in [0, 0.05) is 25.3 Å². The van der Waals surface area contributed by atoms with Crippen molar-refractivity contribution in [2.45, 2.75) is 77.2 Å². The lowest BCUT2D eigenvalue weighted by molar-refractivity contribution is -0.119. The highest BCUT2D eigenvalue weighted by molar-refractivity contribution is 5.73. The maximum Gasteiger partial charge on any atom is 0.217 e. The van der Waals surface area contributed by atoms with E-state index in [1.54, 1.807) is 6.92 Å². The Morgan fingerprint density at radius 1 is 1.29 bits per heavy atom. The van der Waals surface area contributed by atoms with Gasteiger partial charge in [-0.1, -0.05) is 38.1 Å². The molecule has 28 heavy (non-hydrogen) atoms. The molecule has 4 heteroatoms. The number of amides is 1. The number of nitrogens with one attached hydrogen (secondary N) is 1. The molecule has 1 aliphatic heterocycles. The van der Waals surface area contributed by atoms with E-state index in [0.29, 0.717) is 6.42 Å². The molecule has 1 saturated heterocycles. The van der Waals surface area contributed by atoms with Crippen molar-refractivity contribution in [2.24, 2.45) is 5.41 Å². The zero-order valence-electron chi connectivity index (χ0n) is 17.8. The number of fused-ring (bicyclic) bond motifs is 2. The molecule has 1 fully saturated rings. The summed E-state index contributed by atoms with van der Waals surface area (Å²) in [6.45, 7) is 9.49. The van der Waals surface area contributed by atoms with Gasteiger partial charge in [0.05, 0.1) is 12.1 Å². The van der Waals surface area contributed by atoms with Crippen LogP contribution >= 0.6 is 0 Å². The molecule has 1 heterocycles. The summed E-state index contributed by atoms with van der Waals surface area (Å²) in [7, 11) is 0. The van der Waals surface area contributed by atoms with Crippen molar-refractivity contribution in [1.29, 1.82) is 5.26 Å². The third kappa shape index (κ3) is 4.10. The summed E-state index contributed by atoms with van der Waals surface area (Å²) < 4.78 is 0. The lowest BCUT2D eigenvalue weighted by Crippen LogP contribution is -2.46. The summed E-state index contributed by atoms with van der Waals surface area (Å²) >= 11 is 0. The smallest absolute Gasteiger partial charge is 0.217 e. The molecule has 0 radical (unpaired) electrons. The molecular formula is C24H35N3O. The number of carbonyl (C=O) groups is 1. The average molecular weight is 382 g/mol. The van der Waals surface area contributed by atoms with Gasteiger partial charge >= 0.3 is 0 Å². The topological polar surface area (TPSA) is 56.1 Å². The molecule has 1 aromatic rings. The first-order chi connectivity index (χ1) is 13.5. The molecule has 3 rings (SSSR count). The van der Waals surface area contributed by atoms with E-state index in [1.165, 1.54) is 11.1 Å². The van der Waals surface area contributed by atoms with Gasteiger partial charge in [0.1, 0.15) is 0 Å². The number of nitriles is 1. The minimum atomic E-state index is 0.0578. The average Bonchev–Trinajstić information content (AvgIpc) is 3.00. The molecule has 2 aliphatic rings. The van der Waals surface area contributed by atoms with Gasteiger partial charge in [-0.15, -0.1) is 0 Å². The number of likely N-dealkylation sites (tertiary alicyclic amines) is 1. The molecule has 1 spiro atoms. The number of hydrogen-bond donors (Lipinski definition) is 1. The van der Waals surface area contributed by atoms with Crippen molar-refractivity contribution >= 4 is 5.91 Å². The highest BCUT2D eigenvalue weighted by Crippen LogP contribution is 2.51. The van der Waals surface area contributed by atoms with E-state index in [1.807, 2.05) is 0 Å². The van der Waals surface area contributed by atoms with Gasteiger partial charge in [-0.25, -0.2) is 0 Å². The Kier molecular flexibility index (Phi) is 6.45. The largest absolute Gasteiger partial charge is 0.349 e. The van der Waals surface area contributed by atoms with E-state index >= 15 is 0 Å². The van der Waals surface area contributed by atoms with Gasteiger partial charge in [0.15, 0.2) is 0 Å². The van der Waals surface area contributed by atoms with E-state index < -0.39 is 0 Å². The van der Waals surface area contributed by atoms with Crippen molar-refractivity contribution < 1.29 is 4.79 Å². The van der Waals surface area contributed by atoms with E-state index in [-0.39, 0.29) is 22.8 Å². The number of hydrogen-bond acceptors (Lipinski definition) is 3. The fourth-order valence-corrected chi connectivity index (χ4v) is 5.58. The Hall–Kier alpha value is -1.86.